The van der Waals surface area contributed by atoms with E-state index < -0.39 is 0 Å². The molecule has 0 bridgehead atoms. The summed E-state index contributed by atoms with van der Waals surface area (Å²) in [6.07, 6.45) is 1.83. The molecule has 0 spiro atoms. The maximum absolute atomic E-state index is 5.03. The Kier molecular flexibility index (Phi) is 3.17. The Hall–Kier alpha value is -2.18. The van der Waals surface area contributed by atoms with Crippen molar-refractivity contribution in [1.29, 1.82) is 0 Å². The van der Waals surface area contributed by atoms with E-state index in [1.54, 1.807) is 4.68 Å². The lowest BCUT2D eigenvalue weighted by Crippen LogP contribution is -2.06. The third kappa shape index (κ3) is 2.49. The van der Waals surface area contributed by atoms with Gasteiger partial charge in [-0.1, -0.05) is 0 Å². The highest BCUT2D eigenvalue weighted by atomic mass is 16.5. The maximum atomic E-state index is 5.03. The van der Waals surface area contributed by atoms with E-state index in [1.807, 2.05) is 26.2 Å². The first-order valence-electron chi connectivity index (χ1n) is 5.27. The molecule has 0 saturated carbocycles. The van der Waals surface area contributed by atoms with Crippen molar-refractivity contribution in [2.45, 2.75) is 6.92 Å². The molecule has 2 heterocycles. The molecule has 0 saturated heterocycles. The minimum Gasteiger partial charge on any atom is -0.467 e. The summed E-state index contributed by atoms with van der Waals surface area (Å²) in [5.74, 6) is 0.980. The van der Waals surface area contributed by atoms with E-state index >= 15 is 0 Å². The van der Waals surface area contributed by atoms with E-state index in [0.29, 0.717) is 17.5 Å². The largest absolute Gasteiger partial charge is 0.467 e. The third-order valence-corrected chi connectivity index (χ3v) is 2.08. The normalized spacial score (nSPS) is 10.3. The van der Waals surface area contributed by atoms with Crippen molar-refractivity contribution in [3.05, 3.63) is 12.3 Å². The molecule has 1 N–H and O–H groups in total. The van der Waals surface area contributed by atoms with Gasteiger partial charge in [-0.05, 0) is 13.0 Å². The van der Waals surface area contributed by atoms with Crippen LogP contribution in [-0.2, 0) is 7.05 Å². The number of aryl methyl sites for hydroxylation is 1. The zero-order valence-electron chi connectivity index (χ0n) is 10.0. The van der Waals surface area contributed by atoms with Crippen molar-refractivity contribution in [2.75, 3.05) is 19.0 Å². The number of hydrogen-bond donors (Lipinski definition) is 1. The Balaban J connectivity index is 2.42. The van der Waals surface area contributed by atoms with Gasteiger partial charge in [0, 0.05) is 19.8 Å². The van der Waals surface area contributed by atoms with Crippen LogP contribution in [0.4, 0.5) is 5.95 Å². The SMILES string of the molecule is CCNc1nc(OC)nc(-c2ccn(C)n2)n1. The zero-order valence-corrected chi connectivity index (χ0v) is 10.0. The predicted octanol–water partition coefficient (Wildman–Crippen LogP) is 0.712. The highest BCUT2D eigenvalue weighted by Crippen LogP contribution is 2.16. The standard InChI is InChI=1S/C10H14N6O/c1-4-11-9-12-8(13-10(14-9)17-3)7-5-6-16(2)15-7/h5-6H,4H2,1-3H3,(H,11,12,13,14). The number of nitrogens with zero attached hydrogens (tertiary/aromatic N) is 5. The first-order chi connectivity index (χ1) is 8.22. The van der Waals surface area contributed by atoms with E-state index in [4.69, 9.17) is 4.74 Å². The van der Waals surface area contributed by atoms with Crippen LogP contribution < -0.4 is 10.1 Å². The van der Waals surface area contributed by atoms with Crippen LogP contribution in [0.2, 0.25) is 0 Å². The first kappa shape index (κ1) is 11.3. The summed E-state index contributed by atoms with van der Waals surface area (Å²) in [4.78, 5) is 12.5. The molecule has 0 aliphatic carbocycles. The van der Waals surface area contributed by atoms with E-state index in [9.17, 15) is 0 Å². The van der Waals surface area contributed by atoms with E-state index in [1.165, 1.54) is 7.11 Å². The minimum absolute atomic E-state index is 0.275. The molecule has 0 aliphatic heterocycles. The molecule has 0 atom stereocenters. The molecule has 2 aromatic heterocycles. The van der Waals surface area contributed by atoms with Crippen LogP contribution in [0.1, 0.15) is 6.92 Å². The molecule has 0 aliphatic rings. The molecule has 0 radical (unpaired) electrons. The van der Waals surface area contributed by atoms with Gasteiger partial charge in [-0.25, -0.2) is 0 Å². The summed E-state index contributed by atoms with van der Waals surface area (Å²) in [5.41, 5.74) is 0.687. The Bertz CT molecular complexity index is 509. The highest BCUT2D eigenvalue weighted by Gasteiger charge is 2.10. The molecule has 90 valence electrons. The number of anilines is 1. The maximum Gasteiger partial charge on any atom is 0.321 e. The van der Waals surface area contributed by atoms with Gasteiger partial charge in [0.05, 0.1) is 7.11 Å². The molecular formula is C10H14N6O. The average molecular weight is 234 g/mol. The quantitative estimate of drug-likeness (QED) is 0.839. The van der Waals surface area contributed by atoms with Crippen LogP contribution >= 0.6 is 0 Å². The number of nitrogens with one attached hydrogen (secondary N) is 1. The third-order valence-electron chi connectivity index (χ3n) is 2.08. The number of ether oxygens (including phenoxy) is 1. The van der Waals surface area contributed by atoms with Gasteiger partial charge in [0.15, 0.2) is 5.82 Å². The van der Waals surface area contributed by atoms with Crippen LogP contribution in [-0.4, -0.2) is 38.4 Å². The Labute approximate surface area is 98.9 Å². The molecule has 17 heavy (non-hydrogen) atoms. The van der Waals surface area contributed by atoms with Gasteiger partial charge in [-0.2, -0.15) is 20.1 Å². The van der Waals surface area contributed by atoms with E-state index in [2.05, 4.69) is 25.4 Å². The summed E-state index contributed by atoms with van der Waals surface area (Å²) >= 11 is 0. The summed E-state index contributed by atoms with van der Waals surface area (Å²) in [7, 11) is 3.36. The van der Waals surface area contributed by atoms with Gasteiger partial charge >= 0.3 is 6.01 Å². The lowest BCUT2D eigenvalue weighted by atomic mass is 10.4. The minimum atomic E-state index is 0.275. The fraction of sp³-hybridized carbons (Fsp3) is 0.400. The van der Waals surface area contributed by atoms with Crippen molar-refractivity contribution in [3.63, 3.8) is 0 Å². The Morgan fingerprint density at radius 1 is 1.35 bits per heavy atom. The average Bonchev–Trinajstić information content (AvgIpc) is 2.76. The number of rotatable bonds is 4. The van der Waals surface area contributed by atoms with Gasteiger partial charge in [-0.15, -0.1) is 0 Å². The molecule has 7 heteroatoms. The van der Waals surface area contributed by atoms with E-state index in [-0.39, 0.29) is 6.01 Å². The van der Waals surface area contributed by atoms with Crippen molar-refractivity contribution in [1.82, 2.24) is 24.7 Å². The van der Waals surface area contributed by atoms with Crippen molar-refractivity contribution >= 4 is 5.95 Å². The van der Waals surface area contributed by atoms with Crippen LogP contribution in [0.15, 0.2) is 12.3 Å². The molecule has 2 rings (SSSR count). The monoisotopic (exact) mass is 234 g/mol. The second-order valence-electron chi connectivity index (χ2n) is 3.37. The summed E-state index contributed by atoms with van der Waals surface area (Å²) in [6, 6.07) is 2.11. The molecule has 0 amide bonds. The van der Waals surface area contributed by atoms with Crippen molar-refractivity contribution in [2.24, 2.45) is 7.05 Å². The zero-order chi connectivity index (χ0) is 12.3. The van der Waals surface area contributed by atoms with Crippen molar-refractivity contribution < 1.29 is 4.74 Å². The van der Waals surface area contributed by atoms with Crippen LogP contribution in [0.5, 0.6) is 6.01 Å². The topological polar surface area (TPSA) is 77.8 Å². The summed E-state index contributed by atoms with van der Waals surface area (Å²) < 4.78 is 6.73. The number of methoxy groups -OCH3 is 1. The van der Waals surface area contributed by atoms with Gasteiger partial charge in [0.2, 0.25) is 5.95 Å². The van der Waals surface area contributed by atoms with Gasteiger partial charge in [-0.3, -0.25) is 4.68 Å². The van der Waals surface area contributed by atoms with Crippen LogP contribution in [0, 0.1) is 0 Å². The fourth-order valence-corrected chi connectivity index (χ4v) is 1.33. The van der Waals surface area contributed by atoms with Crippen LogP contribution in [0.25, 0.3) is 11.5 Å². The second-order valence-corrected chi connectivity index (χ2v) is 3.37. The van der Waals surface area contributed by atoms with Gasteiger partial charge in [0.25, 0.3) is 0 Å². The fourth-order valence-electron chi connectivity index (χ4n) is 1.33. The predicted molar refractivity (Wildman–Crippen MR) is 62.7 cm³/mol. The molecule has 0 unspecified atom stereocenters. The molecule has 7 nitrogen and oxygen atoms in total. The summed E-state index contributed by atoms with van der Waals surface area (Å²) in [6.45, 7) is 2.70. The van der Waals surface area contributed by atoms with Gasteiger partial charge < -0.3 is 10.1 Å². The van der Waals surface area contributed by atoms with Crippen LogP contribution in [0.3, 0.4) is 0 Å². The van der Waals surface area contributed by atoms with E-state index in [0.717, 1.165) is 6.54 Å². The smallest absolute Gasteiger partial charge is 0.321 e. The molecule has 0 fully saturated rings. The molecule has 0 aromatic carbocycles. The number of aromatic nitrogens is 5. The second kappa shape index (κ2) is 4.77. The Morgan fingerprint density at radius 2 is 2.18 bits per heavy atom. The first-order valence-corrected chi connectivity index (χ1v) is 5.27. The lowest BCUT2D eigenvalue weighted by Gasteiger charge is -2.05. The van der Waals surface area contributed by atoms with Gasteiger partial charge in [0.1, 0.15) is 5.69 Å². The highest BCUT2D eigenvalue weighted by molar-refractivity contribution is 5.50. The Morgan fingerprint density at radius 3 is 2.76 bits per heavy atom. The summed E-state index contributed by atoms with van der Waals surface area (Å²) in [5, 5.41) is 7.26. The molecular weight excluding hydrogens is 220 g/mol. The number of hydrogen-bond acceptors (Lipinski definition) is 6. The van der Waals surface area contributed by atoms with Crippen molar-refractivity contribution in [3.8, 4) is 17.5 Å². The molecule has 2 aromatic rings. The lowest BCUT2D eigenvalue weighted by molar-refractivity contribution is 0.379.